The number of rotatable bonds is 0. The van der Waals surface area contributed by atoms with Crippen LogP contribution in [-0.2, 0) is 4.74 Å². The predicted molar refractivity (Wildman–Crippen MR) is 53.9 cm³/mol. The first-order chi connectivity index (χ1) is 6.93. The quantitative estimate of drug-likeness (QED) is 0.568. The molecule has 0 aromatic rings. The summed E-state index contributed by atoms with van der Waals surface area (Å²) in [7, 11) is 0. The molecule has 1 atom stereocenters. The highest BCUT2D eigenvalue weighted by Crippen LogP contribution is 2.19. The van der Waals surface area contributed by atoms with Crippen LogP contribution >= 0.6 is 0 Å². The van der Waals surface area contributed by atoms with Crippen molar-refractivity contribution in [3.05, 3.63) is 36.4 Å². The molecular weight excluding hydrogens is 178 g/mol. The monoisotopic (exact) mass is 187 g/mol. The highest BCUT2D eigenvalue weighted by atomic mass is 16.5. The summed E-state index contributed by atoms with van der Waals surface area (Å²) in [6.07, 6.45) is 11.0. The second-order valence-corrected chi connectivity index (χ2v) is 3.22. The van der Waals surface area contributed by atoms with Gasteiger partial charge in [-0.15, -0.1) is 0 Å². The van der Waals surface area contributed by atoms with E-state index in [2.05, 4.69) is 16.2 Å². The van der Waals surface area contributed by atoms with E-state index in [1.807, 2.05) is 17.2 Å². The van der Waals surface area contributed by atoms with Gasteiger partial charge in [-0.1, -0.05) is 6.08 Å². The second kappa shape index (κ2) is 2.83. The van der Waals surface area contributed by atoms with E-state index in [4.69, 9.17) is 4.74 Å². The fourth-order valence-electron chi connectivity index (χ4n) is 1.56. The largest absolute Gasteiger partial charge is 0.484 e. The van der Waals surface area contributed by atoms with Crippen molar-refractivity contribution in [3.8, 4) is 0 Å². The average molecular weight is 187 g/mol. The molecule has 0 aromatic heterocycles. The molecule has 70 valence electrons. The summed E-state index contributed by atoms with van der Waals surface area (Å²) in [5.74, 6) is 0. The fourth-order valence-corrected chi connectivity index (χ4v) is 1.56. The van der Waals surface area contributed by atoms with Crippen LogP contribution in [0.25, 0.3) is 0 Å². The van der Waals surface area contributed by atoms with E-state index in [0.717, 1.165) is 18.0 Å². The molecule has 3 aliphatic heterocycles. The van der Waals surface area contributed by atoms with E-state index < -0.39 is 0 Å². The van der Waals surface area contributed by atoms with Gasteiger partial charge < -0.3 is 4.74 Å². The van der Waals surface area contributed by atoms with Crippen molar-refractivity contribution in [2.45, 2.75) is 6.10 Å². The van der Waals surface area contributed by atoms with Crippen LogP contribution in [0, 0.1) is 0 Å². The third kappa shape index (κ3) is 1.08. The van der Waals surface area contributed by atoms with Gasteiger partial charge in [0.1, 0.15) is 12.0 Å². The summed E-state index contributed by atoms with van der Waals surface area (Å²) in [4.78, 5) is 4.02. The van der Waals surface area contributed by atoms with Crippen LogP contribution in [0.2, 0.25) is 0 Å². The molecule has 0 N–H and O–H groups in total. The highest BCUT2D eigenvalue weighted by Gasteiger charge is 2.22. The zero-order chi connectivity index (χ0) is 9.38. The Hall–Kier alpha value is -1.84. The first-order valence-electron chi connectivity index (χ1n) is 4.51. The van der Waals surface area contributed by atoms with Crippen LogP contribution in [-0.4, -0.2) is 29.6 Å². The van der Waals surface area contributed by atoms with Crippen molar-refractivity contribution in [3.63, 3.8) is 0 Å². The van der Waals surface area contributed by atoms with Crippen LogP contribution in [0.3, 0.4) is 0 Å². The Kier molecular flexibility index (Phi) is 1.53. The number of nitrogens with zero attached hydrogens (tertiary/aromatic N) is 3. The molecule has 1 unspecified atom stereocenters. The van der Waals surface area contributed by atoms with Crippen LogP contribution < -0.4 is 0 Å². The van der Waals surface area contributed by atoms with E-state index in [9.17, 15) is 0 Å². The number of hydrogen-bond acceptors (Lipinski definition) is 4. The topological polar surface area (TPSA) is 37.2 Å². The van der Waals surface area contributed by atoms with Crippen molar-refractivity contribution in [1.82, 2.24) is 5.01 Å². The Bertz CT molecular complexity index is 404. The molecule has 0 radical (unpaired) electrons. The minimum absolute atomic E-state index is 0.133. The molecule has 0 saturated carbocycles. The number of hydrogen-bond donors (Lipinski definition) is 0. The van der Waals surface area contributed by atoms with Gasteiger partial charge in [0.2, 0.25) is 0 Å². The van der Waals surface area contributed by atoms with Gasteiger partial charge >= 0.3 is 0 Å². The first kappa shape index (κ1) is 7.55. The number of aliphatic imine (C=N–C) groups is 1. The summed E-state index contributed by atoms with van der Waals surface area (Å²) in [5.41, 5.74) is 1.89. The molecule has 0 fully saturated rings. The number of hydrazone groups is 1. The van der Waals surface area contributed by atoms with Gasteiger partial charge in [-0.2, -0.15) is 5.10 Å². The predicted octanol–water partition coefficient (Wildman–Crippen LogP) is 1.05. The van der Waals surface area contributed by atoms with Gasteiger partial charge in [-0.3, -0.25) is 10.0 Å². The highest BCUT2D eigenvalue weighted by molar-refractivity contribution is 6.10. The third-order valence-corrected chi connectivity index (χ3v) is 2.28. The van der Waals surface area contributed by atoms with Crippen LogP contribution in [0.5, 0.6) is 0 Å². The molecule has 4 nitrogen and oxygen atoms in total. The van der Waals surface area contributed by atoms with Crippen LogP contribution in [0.4, 0.5) is 0 Å². The smallest absolute Gasteiger partial charge is 0.177 e. The molecule has 3 heterocycles. The molecule has 0 spiro atoms. The Balaban J connectivity index is 2.00. The maximum atomic E-state index is 5.53. The molecular formula is C10H9N3O. The Morgan fingerprint density at radius 3 is 3.43 bits per heavy atom. The normalized spacial score (nSPS) is 27.4. The van der Waals surface area contributed by atoms with Crippen LogP contribution in [0.15, 0.2) is 46.5 Å². The molecule has 4 heteroatoms. The van der Waals surface area contributed by atoms with Gasteiger partial charge in [0, 0.05) is 6.20 Å². The fraction of sp³-hybridized carbons (Fsp3) is 0.200. The average Bonchev–Trinajstić information content (AvgIpc) is 2.58. The standard InChI is InChI=1S/C10H9N3O/c1-2-8-7-14-10-6-11-4-3-9(10)12-13(8)5-1/h1-4,6-7,10H,5H2. The Morgan fingerprint density at radius 1 is 1.43 bits per heavy atom. The van der Waals surface area contributed by atoms with Crippen LogP contribution in [0.1, 0.15) is 0 Å². The van der Waals surface area contributed by atoms with Gasteiger partial charge in [0.25, 0.3) is 0 Å². The van der Waals surface area contributed by atoms with E-state index in [0.29, 0.717) is 0 Å². The lowest BCUT2D eigenvalue weighted by atomic mass is 10.2. The molecule has 0 aliphatic carbocycles. The van der Waals surface area contributed by atoms with Gasteiger partial charge in [0.05, 0.1) is 18.5 Å². The molecule has 0 bridgehead atoms. The second-order valence-electron chi connectivity index (χ2n) is 3.22. The lowest BCUT2D eigenvalue weighted by Crippen LogP contribution is -2.25. The SMILES string of the molecule is C1=CC2=COC3C=NC=CC3=NN2C1. The minimum Gasteiger partial charge on any atom is -0.484 e. The maximum Gasteiger partial charge on any atom is 0.177 e. The molecule has 3 rings (SSSR count). The summed E-state index contributed by atoms with van der Waals surface area (Å²) in [6.45, 7) is 0.816. The molecule has 14 heavy (non-hydrogen) atoms. The zero-order valence-corrected chi connectivity index (χ0v) is 7.50. The number of fused-ring (bicyclic) bond motifs is 2. The lowest BCUT2D eigenvalue weighted by molar-refractivity contribution is 0.259. The first-order valence-corrected chi connectivity index (χ1v) is 4.51. The number of allylic oxidation sites excluding steroid dienone is 1. The van der Waals surface area contributed by atoms with Crippen molar-refractivity contribution < 1.29 is 4.74 Å². The van der Waals surface area contributed by atoms with Gasteiger partial charge in [-0.05, 0) is 12.2 Å². The summed E-state index contributed by atoms with van der Waals surface area (Å²) in [6, 6.07) is 0. The van der Waals surface area contributed by atoms with Crippen molar-refractivity contribution in [2.24, 2.45) is 10.1 Å². The molecule has 0 saturated heterocycles. The lowest BCUT2D eigenvalue weighted by Gasteiger charge is -2.13. The zero-order valence-electron chi connectivity index (χ0n) is 7.50. The Morgan fingerprint density at radius 2 is 2.43 bits per heavy atom. The summed E-state index contributed by atoms with van der Waals surface area (Å²) < 4.78 is 5.53. The molecule has 0 aromatic carbocycles. The van der Waals surface area contributed by atoms with Crippen molar-refractivity contribution >= 4 is 11.9 Å². The minimum atomic E-state index is -0.133. The van der Waals surface area contributed by atoms with E-state index in [1.165, 1.54) is 0 Å². The van der Waals surface area contributed by atoms with E-state index in [1.54, 1.807) is 18.7 Å². The number of ether oxygens (including phenoxy) is 1. The van der Waals surface area contributed by atoms with Crippen molar-refractivity contribution in [2.75, 3.05) is 6.54 Å². The molecule has 0 amide bonds. The molecule has 3 aliphatic rings. The van der Waals surface area contributed by atoms with Crippen molar-refractivity contribution in [1.29, 1.82) is 0 Å². The van der Waals surface area contributed by atoms with Gasteiger partial charge in [-0.25, -0.2) is 0 Å². The summed E-state index contributed by atoms with van der Waals surface area (Å²) >= 11 is 0. The Labute approximate surface area is 81.6 Å². The maximum absolute atomic E-state index is 5.53. The summed E-state index contributed by atoms with van der Waals surface area (Å²) in [5, 5.41) is 6.39. The van der Waals surface area contributed by atoms with E-state index in [-0.39, 0.29) is 6.10 Å². The van der Waals surface area contributed by atoms with Gasteiger partial charge in [0.15, 0.2) is 6.10 Å². The third-order valence-electron chi connectivity index (χ3n) is 2.28. The van der Waals surface area contributed by atoms with E-state index >= 15 is 0 Å².